The summed E-state index contributed by atoms with van der Waals surface area (Å²) in [4.78, 5) is 12.9. The standard InChI is InChI=1S/C28H27N3O3S/c1-21-10-14-23(15-11-21)19-31(35(33,34)26-16-12-22(2)13-17-26)20-28(32)30-29-18-25-8-5-7-24-6-3-4-9-27(24)25/h3-18H,19-20H2,1-2H3,(H,30,32). The molecule has 0 fully saturated rings. The van der Waals surface area contributed by atoms with Crippen LogP contribution in [0.4, 0.5) is 0 Å². The molecule has 7 heteroatoms. The van der Waals surface area contributed by atoms with Gasteiger partial charge in [0, 0.05) is 12.1 Å². The van der Waals surface area contributed by atoms with Gasteiger partial charge in [0.05, 0.1) is 17.7 Å². The molecular weight excluding hydrogens is 458 g/mol. The Kier molecular flexibility index (Phi) is 7.39. The van der Waals surface area contributed by atoms with Gasteiger partial charge < -0.3 is 0 Å². The number of nitrogens with zero attached hydrogens (tertiary/aromatic N) is 2. The fraction of sp³-hybridized carbons (Fsp3) is 0.143. The largest absolute Gasteiger partial charge is 0.272 e. The average molecular weight is 486 g/mol. The molecule has 4 aromatic rings. The van der Waals surface area contributed by atoms with Crippen molar-refractivity contribution in [2.24, 2.45) is 5.10 Å². The highest BCUT2D eigenvalue weighted by Crippen LogP contribution is 2.20. The number of amides is 1. The fourth-order valence-corrected chi connectivity index (χ4v) is 5.10. The molecule has 178 valence electrons. The Morgan fingerprint density at radius 3 is 2.20 bits per heavy atom. The van der Waals surface area contributed by atoms with Gasteiger partial charge >= 0.3 is 0 Å². The van der Waals surface area contributed by atoms with Crippen LogP contribution in [-0.4, -0.2) is 31.4 Å². The number of aryl methyl sites for hydroxylation is 2. The van der Waals surface area contributed by atoms with Crippen LogP contribution in [0.5, 0.6) is 0 Å². The molecule has 0 saturated carbocycles. The Morgan fingerprint density at radius 2 is 1.49 bits per heavy atom. The maximum Gasteiger partial charge on any atom is 0.255 e. The highest BCUT2D eigenvalue weighted by molar-refractivity contribution is 7.89. The van der Waals surface area contributed by atoms with Crippen molar-refractivity contribution >= 4 is 32.9 Å². The SMILES string of the molecule is Cc1ccc(CN(CC(=O)NN=Cc2cccc3ccccc23)S(=O)(=O)c2ccc(C)cc2)cc1. The third kappa shape index (κ3) is 6.01. The summed E-state index contributed by atoms with van der Waals surface area (Å²) in [6, 6.07) is 27.9. The zero-order chi connectivity index (χ0) is 24.8. The molecule has 35 heavy (non-hydrogen) atoms. The molecule has 0 saturated heterocycles. The van der Waals surface area contributed by atoms with Crippen LogP contribution in [0.2, 0.25) is 0 Å². The molecule has 0 aliphatic rings. The van der Waals surface area contributed by atoms with Gasteiger partial charge in [-0.2, -0.15) is 9.41 Å². The highest BCUT2D eigenvalue weighted by Gasteiger charge is 2.27. The Bertz CT molecular complexity index is 1460. The van der Waals surface area contributed by atoms with Crippen molar-refractivity contribution in [3.63, 3.8) is 0 Å². The number of hydrogen-bond acceptors (Lipinski definition) is 4. The summed E-state index contributed by atoms with van der Waals surface area (Å²) >= 11 is 0. The predicted molar refractivity (Wildman–Crippen MR) is 140 cm³/mol. The van der Waals surface area contributed by atoms with Gasteiger partial charge in [0.25, 0.3) is 5.91 Å². The molecule has 1 amide bonds. The molecule has 0 radical (unpaired) electrons. The third-order valence-electron chi connectivity index (χ3n) is 5.67. The Labute approximate surface area is 206 Å². The first kappa shape index (κ1) is 24.3. The fourth-order valence-electron chi connectivity index (χ4n) is 3.71. The molecule has 0 aliphatic heterocycles. The summed E-state index contributed by atoms with van der Waals surface area (Å²) in [6.45, 7) is 3.56. The molecule has 0 atom stereocenters. The van der Waals surface area contributed by atoms with E-state index >= 15 is 0 Å². The van der Waals surface area contributed by atoms with Crippen LogP contribution >= 0.6 is 0 Å². The van der Waals surface area contributed by atoms with Gasteiger partial charge in [-0.05, 0) is 42.3 Å². The summed E-state index contributed by atoms with van der Waals surface area (Å²) in [7, 11) is -3.91. The minimum Gasteiger partial charge on any atom is -0.272 e. The zero-order valence-electron chi connectivity index (χ0n) is 19.7. The van der Waals surface area contributed by atoms with E-state index in [4.69, 9.17) is 0 Å². The van der Waals surface area contributed by atoms with Crippen molar-refractivity contribution in [1.82, 2.24) is 9.73 Å². The lowest BCUT2D eigenvalue weighted by molar-refractivity contribution is -0.121. The van der Waals surface area contributed by atoms with E-state index in [1.807, 2.05) is 80.6 Å². The molecule has 1 N–H and O–H groups in total. The monoisotopic (exact) mass is 485 g/mol. The van der Waals surface area contributed by atoms with Gasteiger partial charge in [-0.1, -0.05) is 90.0 Å². The lowest BCUT2D eigenvalue weighted by Crippen LogP contribution is -2.39. The van der Waals surface area contributed by atoms with E-state index in [0.29, 0.717) is 0 Å². The van der Waals surface area contributed by atoms with Crippen LogP contribution in [0.25, 0.3) is 10.8 Å². The third-order valence-corrected chi connectivity index (χ3v) is 7.48. The Balaban J connectivity index is 1.53. The number of rotatable bonds is 8. The van der Waals surface area contributed by atoms with Gasteiger partial charge in [0.15, 0.2) is 0 Å². The summed E-state index contributed by atoms with van der Waals surface area (Å²) in [5.74, 6) is -0.524. The van der Waals surface area contributed by atoms with E-state index in [1.54, 1.807) is 30.5 Å². The van der Waals surface area contributed by atoms with E-state index in [0.717, 1.165) is 33.0 Å². The van der Waals surface area contributed by atoms with Crippen molar-refractivity contribution < 1.29 is 13.2 Å². The zero-order valence-corrected chi connectivity index (χ0v) is 20.5. The number of carbonyl (C=O) groups excluding carboxylic acids is 1. The lowest BCUT2D eigenvalue weighted by Gasteiger charge is -2.21. The van der Waals surface area contributed by atoms with E-state index in [2.05, 4.69) is 10.5 Å². The van der Waals surface area contributed by atoms with Gasteiger partial charge in [0.1, 0.15) is 0 Å². The molecule has 0 unspecified atom stereocenters. The first-order chi connectivity index (χ1) is 16.8. The van der Waals surface area contributed by atoms with Gasteiger partial charge in [0.2, 0.25) is 10.0 Å². The number of carbonyl (C=O) groups is 1. The van der Waals surface area contributed by atoms with E-state index in [-0.39, 0.29) is 18.0 Å². The summed E-state index contributed by atoms with van der Waals surface area (Å²) in [5, 5.41) is 6.16. The Hall–Kier alpha value is -3.81. The van der Waals surface area contributed by atoms with Crippen molar-refractivity contribution in [2.75, 3.05) is 6.54 Å². The normalized spacial score (nSPS) is 11.9. The first-order valence-electron chi connectivity index (χ1n) is 11.2. The molecule has 4 aromatic carbocycles. The number of benzene rings is 4. The maximum atomic E-state index is 13.4. The predicted octanol–water partition coefficient (Wildman–Crippen LogP) is 4.80. The molecular formula is C28H27N3O3S. The topological polar surface area (TPSA) is 78.8 Å². The van der Waals surface area contributed by atoms with Crippen LogP contribution in [0.3, 0.4) is 0 Å². The quantitative estimate of drug-likeness (QED) is 0.288. The minimum atomic E-state index is -3.91. The van der Waals surface area contributed by atoms with Crippen LogP contribution in [0, 0.1) is 13.8 Å². The van der Waals surface area contributed by atoms with E-state index in [1.165, 1.54) is 4.31 Å². The smallest absolute Gasteiger partial charge is 0.255 e. The second-order valence-electron chi connectivity index (χ2n) is 8.43. The van der Waals surface area contributed by atoms with Gasteiger partial charge in [-0.25, -0.2) is 13.8 Å². The van der Waals surface area contributed by atoms with E-state index < -0.39 is 15.9 Å². The summed E-state index contributed by atoms with van der Waals surface area (Å²) in [5.41, 5.74) is 6.15. The van der Waals surface area contributed by atoms with Crippen molar-refractivity contribution in [1.29, 1.82) is 0 Å². The number of nitrogens with one attached hydrogen (secondary N) is 1. The number of hydrogen-bond donors (Lipinski definition) is 1. The Morgan fingerprint density at radius 1 is 0.857 bits per heavy atom. The second kappa shape index (κ2) is 10.6. The van der Waals surface area contributed by atoms with Crippen LogP contribution in [-0.2, 0) is 21.4 Å². The highest BCUT2D eigenvalue weighted by atomic mass is 32.2. The maximum absolute atomic E-state index is 13.4. The van der Waals surface area contributed by atoms with Crippen LogP contribution in [0.15, 0.2) is 101 Å². The van der Waals surface area contributed by atoms with Gasteiger partial charge in [-0.15, -0.1) is 0 Å². The second-order valence-corrected chi connectivity index (χ2v) is 10.4. The van der Waals surface area contributed by atoms with Crippen LogP contribution < -0.4 is 5.43 Å². The average Bonchev–Trinajstić information content (AvgIpc) is 2.85. The lowest BCUT2D eigenvalue weighted by atomic mass is 10.1. The number of hydrazone groups is 1. The molecule has 0 spiro atoms. The van der Waals surface area contributed by atoms with E-state index in [9.17, 15) is 13.2 Å². The molecule has 0 aliphatic carbocycles. The number of sulfonamides is 1. The molecule has 4 rings (SSSR count). The van der Waals surface area contributed by atoms with Crippen molar-refractivity contribution in [3.05, 3.63) is 113 Å². The van der Waals surface area contributed by atoms with Crippen LogP contribution in [0.1, 0.15) is 22.3 Å². The number of fused-ring (bicyclic) bond motifs is 1. The first-order valence-corrected chi connectivity index (χ1v) is 12.7. The molecule has 0 bridgehead atoms. The molecule has 6 nitrogen and oxygen atoms in total. The van der Waals surface area contributed by atoms with Crippen molar-refractivity contribution in [3.8, 4) is 0 Å². The summed E-state index contributed by atoms with van der Waals surface area (Å²) < 4.78 is 28.0. The molecule has 0 heterocycles. The van der Waals surface area contributed by atoms with Crippen molar-refractivity contribution in [2.45, 2.75) is 25.3 Å². The van der Waals surface area contributed by atoms with Gasteiger partial charge in [-0.3, -0.25) is 4.79 Å². The minimum absolute atomic E-state index is 0.0664. The summed E-state index contributed by atoms with van der Waals surface area (Å²) in [6.07, 6.45) is 1.57. The molecule has 0 aromatic heterocycles.